The molecule has 0 unspecified atom stereocenters. The quantitative estimate of drug-likeness (QED) is 0.519. The van der Waals surface area contributed by atoms with Crippen molar-refractivity contribution in [2.24, 2.45) is 0 Å². The highest BCUT2D eigenvalue weighted by molar-refractivity contribution is 9.10. The van der Waals surface area contributed by atoms with E-state index in [0.717, 1.165) is 34.8 Å². The third-order valence-corrected chi connectivity index (χ3v) is 5.65. The molecule has 0 saturated carbocycles. The minimum atomic E-state index is -0.472. The number of nitrogens with zero attached hydrogens (tertiary/aromatic N) is 4. The van der Waals surface area contributed by atoms with Gasteiger partial charge in [-0.1, -0.05) is 28.1 Å². The molecular weight excluding hydrogens is 444 g/mol. The molecule has 0 radical (unpaired) electrons. The van der Waals surface area contributed by atoms with Gasteiger partial charge in [-0.25, -0.2) is 9.48 Å². The molecule has 1 aliphatic rings. The Bertz CT molecular complexity index is 1080. The molecule has 6 nitrogen and oxygen atoms in total. The van der Waals surface area contributed by atoms with Gasteiger partial charge in [-0.3, -0.25) is 0 Å². The van der Waals surface area contributed by atoms with E-state index in [1.807, 2.05) is 25.5 Å². The number of aryl methyl sites for hydroxylation is 1. The highest BCUT2D eigenvalue weighted by Gasteiger charge is 2.27. The van der Waals surface area contributed by atoms with Crippen molar-refractivity contribution >= 4 is 38.6 Å². The number of aromatic nitrogens is 2. The lowest BCUT2D eigenvalue weighted by molar-refractivity contribution is 0.0240. The predicted molar refractivity (Wildman–Crippen MR) is 124 cm³/mol. The molecule has 1 aromatic heterocycles. The monoisotopic (exact) mass is 470 g/mol. The number of carbonyl (C=O) groups excluding carboxylic acids is 1. The van der Waals surface area contributed by atoms with Crippen LogP contribution in [0.15, 0.2) is 46.9 Å². The molecule has 4 rings (SSSR count). The van der Waals surface area contributed by atoms with E-state index in [1.165, 1.54) is 10.8 Å². The predicted octanol–water partition coefficient (Wildman–Crippen LogP) is 5.15. The van der Waals surface area contributed by atoms with Gasteiger partial charge in [-0.15, -0.1) is 0 Å². The summed E-state index contributed by atoms with van der Waals surface area (Å²) in [6.07, 6.45) is -0.244. The van der Waals surface area contributed by atoms with Gasteiger partial charge in [0.15, 0.2) is 5.82 Å². The van der Waals surface area contributed by atoms with E-state index in [4.69, 9.17) is 9.84 Å². The SMILES string of the molecule is Cc1cc(N2CCN(C(=O)OC(C)(C)C)CC2)nn1-c1ccc2cc(Br)ccc2c1. The summed E-state index contributed by atoms with van der Waals surface area (Å²) in [5.74, 6) is 0.937. The van der Waals surface area contributed by atoms with Crippen LogP contribution in [0.1, 0.15) is 26.5 Å². The second kappa shape index (κ2) is 7.95. The molecule has 1 aliphatic heterocycles. The number of hydrogen-bond acceptors (Lipinski definition) is 4. The van der Waals surface area contributed by atoms with E-state index in [1.54, 1.807) is 4.90 Å². The Hall–Kier alpha value is -2.54. The molecule has 30 heavy (non-hydrogen) atoms. The summed E-state index contributed by atoms with van der Waals surface area (Å²) in [7, 11) is 0. The smallest absolute Gasteiger partial charge is 0.410 e. The van der Waals surface area contributed by atoms with E-state index < -0.39 is 5.60 Å². The summed E-state index contributed by atoms with van der Waals surface area (Å²) >= 11 is 3.53. The third-order valence-electron chi connectivity index (χ3n) is 5.16. The second-order valence-electron chi connectivity index (χ2n) is 8.69. The molecule has 0 atom stereocenters. The van der Waals surface area contributed by atoms with Crippen LogP contribution < -0.4 is 4.90 Å². The summed E-state index contributed by atoms with van der Waals surface area (Å²) in [5, 5.41) is 7.23. The normalized spacial score (nSPS) is 15.0. The molecule has 158 valence electrons. The maximum atomic E-state index is 12.3. The zero-order valence-electron chi connectivity index (χ0n) is 17.9. The largest absolute Gasteiger partial charge is 0.444 e. The second-order valence-corrected chi connectivity index (χ2v) is 9.60. The van der Waals surface area contributed by atoms with Crippen molar-refractivity contribution in [2.45, 2.75) is 33.3 Å². The molecule has 0 bridgehead atoms. The molecule has 1 fully saturated rings. The summed E-state index contributed by atoms with van der Waals surface area (Å²) in [6, 6.07) is 14.8. The van der Waals surface area contributed by atoms with Gasteiger partial charge < -0.3 is 14.5 Å². The van der Waals surface area contributed by atoms with Gasteiger partial charge in [0.2, 0.25) is 0 Å². The fourth-order valence-electron chi connectivity index (χ4n) is 3.65. The van der Waals surface area contributed by atoms with Crippen LogP contribution in [0.4, 0.5) is 10.6 Å². The first-order chi connectivity index (χ1) is 14.2. The molecular formula is C23H27BrN4O2. The van der Waals surface area contributed by atoms with Gasteiger partial charge in [-0.2, -0.15) is 5.10 Å². The zero-order valence-corrected chi connectivity index (χ0v) is 19.4. The fraction of sp³-hybridized carbons (Fsp3) is 0.391. The lowest BCUT2D eigenvalue weighted by atomic mass is 10.1. The first kappa shape index (κ1) is 20.7. The van der Waals surface area contributed by atoms with Gasteiger partial charge in [0, 0.05) is 42.4 Å². The molecule has 3 aromatic rings. The summed E-state index contributed by atoms with van der Waals surface area (Å²) < 4.78 is 8.55. The number of fused-ring (bicyclic) bond motifs is 1. The topological polar surface area (TPSA) is 50.6 Å². The number of hydrogen-bond donors (Lipinski definition) is 0. The molecule has 2 heterocycles. The van der Waals surface area contributed by atoms with Crippen molar-refractivity contribution < 1.29 is 9.53 Å². The summed E-state index contributed by atoms with van der Waals surface area (Å²) in [6.45, 7) is 10.5. The van der Waals surface area contributed by atoms with Gasteiger partial charge in [0.05, 0.1) is 5.69 Å². The lowest BCUT2D eigenvalue weighted by Crippen LogP contribution is -2.50. The van der Waals surface area contributed by atoms with E-state index in [9.17, 15) is 4.79 Å². The zero-order chi connectivity index (χ0) is 21.5. The number of anilines is 1. The number of piperazine rings is 1. The molecule has 7 heteroatoms. The van der Waals surface area contributed by atoms with Crippen LogP contribution in [-0.2, 0) is 4.74 Å². The van der Waals surface area contributed by atoms with Crippen molar-refractivity contribution in [3.8, 4) is 5.69 Å². The highest BCUT2D eigenvalue weighted by atomic mass is 79.9. The van der Waals surface area contributed by atoms with Crippen LogP contribution in [0.2, 0.25) is 0 Å². The third kappa shape index (κ3) is 4.46. The summed E-state index contributed by atoms with van der Waals surface area (Å²) in [5.41, 5.74) is 1.65. The van der Waals surface area contributed by atoms with E-state index in [2.05, 4.69) is 70.2 Å². The summed E-state index contributed by atoms with van der Waals surface area (Å²) in [4.78, 5) is 16.3. The average Bonchev–Trinajstić information content (AvgIpc) is 3.08. The Morgan fingerprint density at radius 3 is 2.37 bits per heavy atom. The number of amides is 1. The van der Waals surface area contributed by atoms with Crippen molar-refractivity contribution in [1.82, 2.24) is 14.7 Å². The Kier molecular flexibility index (Phi) is 5.49. The van der Waals surface area contributed by atoms with E-state index in [-0.39, 0.29) is 6.09 Å². The highest BCUT2D eigenvalue weighted by Crippen LogP contribution is 2.25. The van der Waals surface area contributed by atoms with Crippen LogP contribution in [0, 0.1) is 6.92 Å². The van der Waals surface area contributed by atoms with Crippen LogP contribution in [0.25, 0.3) is 16.5 Å². The maximum Gasteiger partial charge on any atom is 0.410 e. The molecule has 0 aliphatic carbocycles. The number of rotatable bonds is 2. The standard InChI is InChI=1S/C23H27BrN4O2/c1-16-13-21(26-9-11-27(12-10-26)22(29)30-23(2,3)4)25-28(16)20-8-6-17-14-19(24)7-5-18(17)15-20/h5-8,13-15H,9-12H2,1-4H3. The number of ether oxygens (including phenoxy) is 1. The minimum absolute atomic E-state index is 0.244. The number of halogens is 1. The van der Waals surface area contributed by atoms with Crippen LogP contribution in [-0.4, -0.2) is 52.6 Å². The lowest BCUT2D eigenvalue weighted by Gasteiger charge is -2.35. The Labute approximate surface area is 185 Å². The first-order valence-electron chi connectivity index (χ1n) is 10.2. The van der Waals surface area contributed by atoms with Gasteiger partial charge in [-0.05, 0) is 62.7 Å². The number of carbonyl (C=O) groups is 1. The molecule has 1 amide bonds. The van der Waals surface area contributed by atoms with Gasteiger partial charge in [0.1, 0.15) is 5.60 Å². The fourth-order valence-corrected chi connectivity index (χ4v) is 4.03. The van der Waals surface area contributed by atoms with Crippen molar-refractivity contribution in [1.29, 1.82) is 0 Å². The molecule has 0 N–H and O–H groups in total. The molecule has 2 aromatic carbocycles. The van der Waals surface area contributed by atoms with Gasteiger partial charge in [0.25, 0.3) is 0 Å². The molecule has 0 spiro atoms. The first-order valence-corrected chi connectivity index (χ1v) is 11.0. The average molecular weight is 471 g/mol. The Morgan fingerprint density at radius 2 is 1.67 bits per heavy atom. The minimum Gasteiger partial charge on any atom is -0.444 e. The van der Waals surface area contributed by atoms with Crippen molar-refractivity contribution in [2.75, 3.05) is 31.1 Å². The van der Waals surface area contributed by atoms with E-state index >= 15 is 0 Å². The number of benzene rings is 2. The van der Waals surface area contributed by atoms with Crippen molar-refractivity contribution in [3.63, 3.8) is 0 Å². The van der Waals surface area contributed by atoms with Gasteiger partial charge >= 0.3 is 6.09 Å². The Balaban J connectivity index is 1.48. The van der Waals surface area contributed by atoms with E-state index in [0.29, 0.717) is 13.1 Å². The van der Waals surface area contributed by atoms with Crippen LogP contribution in [0.5, 0.6) is 0 Å². The Morgan fingerprint density at radius 1 is 1.00 bits per heavy atom. The maximum absolute atomic E-state index is 12.3. The van der Waals surface area contributed by atoms with Crippen LogP contribution >= 0.6 is 15.9 Å². The van der Waals surface area contributed by atoms with Crippen molar-refractivity contribution in [3.05, 3.63) is 52.6 Å². The molecule has 1 saturated heterocycles. The van der Waals surface area contributed by atoms with Crippen LogP contribution in [0.3, 0.4) is 0 Å².